The summed E-state index contributed by atoms with van der Waals surface area (Å²) in [5.41, 5.74) is 2.39. The van der Waals surface area contributed by atoms with Gasteiger partial charge in [0.25, 0.3) is 5.91 Å². The van der Waals surface area contributed by atoms with Gasteiger partial charge in [0, 0.05) is 18.0 Å². The molecule has 6 nitrogen and oxygen atoms in total. The highest BCUT2D eigenvalue weighted by Crippen LogP contribution is 2.19. The quantitative estimate of drug-likeness (QED) is 0.666. The molecular weight excluding hydrogens is 344 g/mol. The van der Waals surface area contributed by atoms with Crippen LogP contribution in [0.25, 0.3) is 11.1 Å². The van der Waals surface area contributed by atoms with Crippen LogP contribution in [-0.2, 0) is 9.59 Å². The van der Waals surface area contributed by atoms with E-state index in [1.54, 1.807) is 12.1 Å². The van der Waals surface area contributed by atoms with E-state index in [0.29, 0.717) is 5.56 Å². The summed E-state index contributed by atoms with van der Waals surface area (Å²) in [6.07, 6.45) is 0.0596. The molecule has 6 heteroatoms. The molecule has 2 aromatic rings. The molecular formula is C21H24N2O4. The first-order chi connectivity index (χ1) is 12.9. The number of rotatable bonds is 8. The zero-order valence-corrected chi connectivity index (χ0v) is 15.4. The Morgan fingerprint density at radius 2 is 1.52 bits per heavy atom. The molecule has 2 aromatic carbocycles. The lowest BCUT2D eigenvalue weighted by atomic mass is 10.0. The first-order valence-corrected chi connectivity index (χ1v) is 8.85. The Labute approximate surface area is 158 Å². The largest absolute Gasteiger partial charge is 0.480 e. The van der Waals surface area contributed by atoms with E-state index in [9.17, 15) is 14.4 Å². The lowest BCUT2D eigenvalue weighted by Gasteiger charge is -2.16. The highest BCUT2D eigenvalue weighted by molar-refractivity contribution is 6.04. The Hall–Kier alpha value is -2.99. The van der Waals surface area contributed by atoms with Crippen molar-refractivity contribution >= 4 is 17.8 Å². The maximum absolute atomic E-state index is 12.2. The van der Waals surface area contributed by atoms with Gasteiger partial charge < -0.3 is 10.4 Å². The standard InChI is InChI=1S/C21H24N2O4/c1-14(2)22-18(21(26)27)12-13-19(24)23-20(25)17-10-8-16(9-11-17)15-6-4-3-5-7-15/h3-11,14,18,22H,12-13H2,1-2H3,(H,26,27)(H,23,24,25)/t18-/m0/s1. The lowest BCUT2D eigenvalue weighted by molar-refractivity contribution is -0.139. The number of hydrogen-bond donors (Lipinski definition) is 3. The van der Waals surface area contributed by atoms with E-state index in [1.807, 2.05) is 56.3 Å². The molecule has 0 spiro atoms. The number of carbonyl (C=O) groups is 3. The molecule has 2 rings (SSSR count). The molecule has 0 bridgehead atoms. The minimum absolute atomic E-state index is 0.0149. The summed E-state index contributed by atoms with van der Waals surface area (Å²) in [4.78, 5) is 35.3. The second-order valence-corrected chi connectivity index (χ2v) is 6.57. The molecule has 27 heavy (non-hydrogen) atoms. The number of carboxylic acid groups (broad SMARTS) is 1. The molecule has 0 aliphatic rings. The van der Waals surface area contributed by atoms with Crippen molar-refractivity contribution in [2.45, 2.75) is 38.8 Å². The molecule has 0 aliphatic heterocycles. The van der Waals surface area contributed by atoms with Gasteiger partial charge in [-0.05, 0) is 29.7 Å². The average Bonchev–Trinajstić information content (AvgIpc) is 2.65. The predicted octanol–water partition coefficient (Wildman–Crippen LogP) is 2.84. The number of carbonyl (C=O) groups excluding carboxylic acids is 2. The minimum Gasteiger partial charge on any atom is -0.480 e. The van der Waals surface area contributed by atoms with Crippen LogP contribution in [0, 0.1) is 0 Å². The summed E-state index contributed by atoms with van der Waals surface area (Å²) in [5.74, 6) is -2.01. The fourth-order valence-corrected chi connectivity index (χ4v) is 2.66. The highest BCUT2D eigenvalue weighted by Gasteiger charge is 2.20. The number of benzene rings is 2. The molecule has 0 unspecified atom stereocenters. The summed E-state index contributed by atoms with van der Waals surface area (Å²) < 4.78 is 0. The zero-order valence-electron chi connectivity index (χ0n) is 15.4. The second kappa shape index (κ2) is 9.64. The third-order valence-electron chi connectivity index (χ3n) is 4.00. The van der Waals surface area contributed by atoms with Crippen LogP contribution in [0.4, 0.5) is 0 Å². The number of imide groups is 1. The molecule has 3 N–H and O–H groups in total. The summed E-state index contributed by atoms with van der Waals surface area (Å²) in [6.45, 7) is 3.66. The van der Waals surface area contributed by atoms with Crippen LogP contribution in [-0.4, -0.2) is 35.0 Å². The highest BCUT2D eigenvalue weighted by atomic mass is 16.4. The van der Waals surface area contributed by atoms with Gasteiger partial charge in [0.1, 0.15) is 6.04 Å². The first kappa shape index (κ1) is 20.3. The van der Waals surface area contributed by atoms with Gasteiger partial charge in [-0.15, -0.1) is 0 Å². The van der Waals surface area contributed by atoms with Gasteiger partial charge in [0.05, 0.1) is 0 Å². The van der Waals surface area contributed by atoms with E-state index in [2.05, 4.69) is 10.6 Å². The Balaban J connectivity index is 1.90. The van der Waals surface area contributed by atoms with Gasteiger partial charge in [0.15, 0.2) is 0 Å². The summed E-state index contributed by atoms with van der Waals surface area (Å²) >= 11 is 0. The van der Waals surface area contributed by atoms with Crippen LogP contribution in [0.15, 0.2) is 54.6 Å². The number of carboxylic acids is 1. The van der Waals surface area contributed by atoms with E-state index in [0.717, 1.165) is 11.1 Å². The van der Waals surface area contributed by atoms with E-state index in [-0.39, 0.29) is 18.9 Å². The fraction of sp³-hybridized carbons (Fsp3) is 0.286. The maximum Gasteiger partial charge on any atom is 0.320 e. The molecule has 0 aliphatic carbocycles. The van der Waals surface area contributed by atoms with Gasteiger partial charge in [-0.2, -0.15) is 0 Å². The smallest absolute Gasteiger partial charge is 0.320 e. The molecule has 2 amide bonds. The topological polar surface area (TPSA) is 95.5 Å². The van der Waals surface area contributed by atoms with Crippen molar-refractivity contribution in [3.05, 3.63) is 60.2 Å². The molecule has 0 saturated carbocycles. The van der Waals surface area contributed by atoms with E-state index in [4.69, 9.17) is 5.11 Å². The minimum atomic E-state index is -1.01. The van der Waals surface area contributed by atoms with Crippen molar-refractivity contribution in [2.75, 3.05) is 0 Å². The lowest BCUT2D eigenvalue weighted by Crippen LogP contribution is -2.42. The molecule has 1 atom stereocenters. The fourth-order valence-electron chi connectivity index (χ4n) is 2.66. The number of hydrogen-bond acceptors (Lipinski definition) is 4. The van der Waals surface area contributed by atoms with Gasteiger partial charge in [-0.3, -0.25) is 19.7 Å². The van der Waals surface area contributed by atoms with Crippen molar-refractivity contribution in [3.63, 3.8) is 0 Å². The van der Waals surface area contributed by atoms with Crippen molar-refractivity contribution in [1.29, 1.82) is 0 Å². The third kappa shape index (κ3) is 6.34. The van der Waals surface area contributed by atoms with Crippen LogP contribution in [0.1, 0.15) is 37.0 Å². The van der Waals surface area contributed by atoms with Crippen LogP contribution in [0.3, 0.4) is 0 Å². The number of amides is 2. The van der Waals surface area contributed by atoms with Gasteiger partial charge in [0.2, 0.25) is 5.91 Å². The molecule has 142 valence electrons. The normalized spacial score (nSPS) is 11.8. The van der Waals surface area contributed by atoms with Crippen LogP contribution in [0.5, 0.6) is 0 Å². The molecule has 0 fully saturated rings. The van der Waals surface area contributed by atoms with E-state index < -0.39 is 23.8 Å². The Kier molecular flexibility index (Phi) is 7.25. The number of nitrogens with one attached hydrogen (secondary N) is 2. The first-order valence-electron chi connectivity index (χ1n) is 8.85. The van der Waals surface area contributed by atoms with Gasteiger partial charge >= 0.3 is 5.97 Å². The van der Waals surface area contributed by atoms with Crippen molar-refractivity contribution in [2.24, 2.45) is 0 Å². The Morgan fingerprint density at radius 1 is 0.926 bits per heavy atom. The maximum atomic E-state index is 12.2. The SMILES string of the molecule is CC(C)N[C@@H](CCC(=O)NC(=O)c1ccc(-c2ccccc2)cc1)C(=O)O. The van der Waals surface area contributed by atoms with Crippen LogP contribution >= 0.6 is 0 Å². The molecule has 0 aromatic heterocycles. The summed E-state index contributed by atoms with van der Waals surface area (Å²) in [5, 5.41) is 14.3. The summed E-state index contributed by atoms with van der Waals surface area (Å²) in [7, 11) is 0. The van der Waals surface area contributed by atoms with Crippen LogP contribution < -0.4 is 10.6 Å². The third-order valence-corrected chi connectivity index (χ3v) is 4.00. The summed E-state index contributed by atoms with van der Waals surface area (Å²) in [6, 6.07) is 15.9. The van der Waals surface area contributed by atoms with E-state index in [1.165, 1.54) is 0 Å². The molecule has 0 saturated heterocycles. The van der Waals surface area contributed by atoms with Crippen molar-refractivity contribution in [3.8, 4) is 11.1 Å². The predicted molar refractivity (Wildman–Crippen MR) is 103 cm³/mol. The second-order valence-electron chi connectivity index (χ2n) is 6.57. The monoisotopic (exact) mass is 368 g/mol. The average molecular weight is 368 g/mol. The van der Waals surface area contributed by atoms with Crippen molar-refractivity contribution < 1.29 is 19.5 Å². The molecule has 0 radical (unpaired) electrons. The number of aliphatic carboxylic acids is 1. The van der Waals surface area contributed by atoms with Crippen LogP contribution in [0.2, 0.25) is 0 Å². The zero-order chi connectivity index (χ0) is 19.8. The Bertz CT molecular complexity index is 786. The van der Waals surface area contributed by atoms with E-state index >= 15 is 0 Å². The Morgan fingerprint density at radius 3 is 2.07 bits per heavy atom. The van der Waals surface area contributed by atoms with Crippen molar-refractivity contribution in [1.82, 2.24) is 10.6 Å². The van der Waals surface area contributed by atoms with Gasteiger partial charge in [-0.25, -0.2) is 0 Å². The molecule has 0 heterocycles. The van der Waals surface area contributed by atoms with Gasteiger partial charge in [-0.1, -0.05) is 56.3 Å².